The van der Waals surface area contributed by atoms with Crippen molar-refractivity contribution in [3.05, 3.63) is 24.3 Å². The summed E-state index contributed by atoms with van der Waals surface area (Å²) in [6, 6.07) is 7.67. The molecule has 0 saturated heterocycles. The van der Waals surface area contributed by atoms with E-state index in [1.54, 1.807) is 11.9 Å². The van der Waals surface area contributed by atoms with E-state index in [9.17, 15) is 4.79 Å². The van der Waals surface area contributed by atoms with Crippen LogP contribution in [0.5, 0.6) is 5.75 Å². The average molecular weight is 502 g/mol. The van der Waals surface area contributed by atoms with E-state index in [-0.39, 0.29) is 36.5 Å². The molecular weight excluding hydrogens is 471 g/mol. The third-order valence-electron chi connectivity index (χ3n) is 4.84. The number of aliphatic imine (C=N–C) groups is 1. The van der Waals surface area contributed by atoms with Gasteiger partial charge in [-0.05, 0) is 37.3 Å². The number of hydrogen-bond acceptors (Lipinski definition) is 4. The topological polar surface area (TPSA) is 66.4 Å². The number of halogens is 1. The fourth-order valence-electron chi connectivity index (χ4n) is 3.06. The van der Waals surface area contributed by atoms with Gasteiger partial charge in [0.25, 0.3) is 5.91 Å². The SMILES string of the molecule is CN=C(NCCCN1C(=O)COc2ccccc21)N(C)CCOCC1CC1.I. The molecule has 0 bridgehead atoms. The van der Waals surface area contributed by atoms with Gasteiger partial charge in [-0.2, -0.15) is 0 Å². The number of benzene rings is 1. The maximum absolute atomic E-state index is 12.2. The number of carbonyl (C=O) groups is 1. The van der Waals surface area contributed by atoms with Gasteiger partial charge in [-0.1, -0.05) is 12.1 Å². The van der Waals surface area contributed by atoms with Gasteiger partial charge in [0.15, 0.2) is 12.6 Å². The minimum absolute atomic E-state index is 0. The highest BCUT2D eigenvalue weighted by Crippen LogP contribution is 2.31. The first-order chi connectivity index (χ1) is 13.2. The van der Waals surface area contributed by atoms with Crippen LogP contribution < -0.4 is 15.0 Å². The molecule has 8 heteroatoms. The predicted molar refractivity (Wildman–Crippen MR) is 122 cm³/mol. The Hall–Kier alpha value is -1.55. The second kappa shape index (κ2) is 11.5. The number of rotatable bonds is 9. The first-order valence-electron chi connectivity index (χ1n) is 9.70. The zero-order valence-electron chi connectivity index (χ0n) is 16.7. The van der Waals surface area contributed by atoms with E-state index in [2.05, 4.69) is 15.2 Å². The fraction of sp³-hybridized carbons (Fsp3) is 0.600. The summed E-state index contributed by atoms with van der Waals surface area (Å²) in [5, 5.41) is 3.36. The average Bonchev–Trinajstić information content (AvgIpc) is 3.51. The Balaban J connectivity index is 0.00000280. The van der Waals surface area contributed by atoms with Gasteiger partial charge in [-0.25, -0.2) is 0 Å². The minimum atomic E-state index is 0. The number of nitrogens with zero attached hydrogens (tertiary/aromatic N) is 3. The molecule has 0 radical (unpaired) electrons. The Bertz CT molecular complexity index is 667. The molecule has 1 aromatic carbocycles. The van der Waals surface area contributed by atoms with E-state index >= 15 is 0 Å². The molecular formula is C20H31IN4O3. The third-order valence-corrected chi connectivity index (χ3v) is 4.84. The number of carbonyl (C=O) groups excluding carboxylic acids is 1. The highest BCUT2D eigenvalue weighted by Gasteiger charge is 2.24. The number of anilines is 1. The molecule has 1 aromatic rings. The van der Waals surface area contributed by atoms with E-state index in [0.29, 0.717) is 13.2 Å². The summed E-state index contributed by atoms with van der Waals surface area (Å²) < 4.78 is 11.2. The van der Waals surface area contributed by atoms with E-state index in [1.165, 1.54) is 12.8 Å². The molecule has 156 valence electrons. The Morgan fingerprint density at radius 2 is 2.18 bits per heavy atom. The van der Waals surface area contributed by atoms with Crippen molar-refractivity contribution in [2.45, 2.75) is 19.3 Å². The van der Waals surface area contributed by atoms with Crippen LogP contribution >= 0.6 is 24.0 Å². The second-order valence-electron chi connectivity index (χ2n) is 7.07. The van der Waals surface area contributed by atoms with Gasteiger partial charge < -0.3 is 24.6 Å². The van der Waals surface area contributed by atoms with Crippen molar-refractivity contribution in [3.63, 3.8) is 0 Å². The van der Waals surface area contributed by atoms with E-state index in [0.717, 1.165) is 49.4 Å². The summed E-state index contributed by atoms with van der Waals surface area (Å²) in [4.78, 5) is 20.4. The Morgan fingerprint density at radius 3 is 2.93 bits per heavy atom. The number of guanidine groups is 1. The van der Waals surface area contributed by atoms with Crippen molar-refractivity contribution >= 4 is 41.5 Å². The van der Waals surface area contributed by atoms with Crippen molar-refractivity contribution < 1.29 is 14.3 Å². The van der Waals surface area contributed by atoms with Crippen molar-refractivity contribution in [3.8, 4) is 5.75 Å². The molecule has 0 unspecified atom stereocenters. The van der Waals surface area contributed by atoms with Crippen LogP contribution in [0, 0.1) is 5.92 Å². The number of ether oxygens (including phenoxy) is 2. The molecule has 0 aromatic heterocycles. The summed E-state index contributed by atoms with van der Waals surface area (Å²) in [5.41, 5.74) is 0.850. The lowest BCUT2D eigenvalue weighted by Crippen LogP contribution is -2.43. The maximum atomic E-state index is 12.2. The molecule has 1 N–H and O–H groups in total. The van der Waals surface area contributed by atoms with Crippen LogP contribution in [0.15, 0.2) is 29.3 Å². The van der Waals surface area contributed by atoms with Gasteiger partial charge in [-0.15, -0.1) is 24.0 Å². The number of likely N-dealkylation sites (N-methyl/N-ethyl adjacent to an activating group) is 1. The van der Waals surface area contributed by atoms with Crippen LogP contribution in [0.1, 0.15) is 19.3 Å². The number of nitrogens with one attached hydrogen (secondary N) is 1. The van der Waals surface area contributed by atoms with E-state index in [4.69, 9.17) is 9.47 Å². The molecule has 7 nitrogen and oxygen atoms in total. The number of para-hydroxylation sites is 2. The second-order valence-corrected chi connectivity index (χ2v) is 7.07. The van der Waals surface area contributed by atoms with Gasteiger partial charge in [0.1, 0.15) is 5.75 Å². The van der Waals surface area contributed by atoms with Crippen LogP contribution in [-0.2, 0) is 9.53 Å². The largest absolute Gasteiger partial charge is 0.482 e. The first-order valence-corrected chi connectivity index (χ1v) is 9.70. The van der Waals surface area contributed by atoms with Crippen molar-refractivity contribution in [1.82, 2.24) is 10.2 Å². The zero-order chi connectivity index (χ0) is 19.1. The molecule has 28 heavy (non-hydrogen) atoms. The summed E-state index contributed by atoms with van der Waals surface area (Å²) in [7, 11) is 3.79. The summed E-state index contributed by atoms with van der Waals surface area (Å²) in [6.45, 7) is 3.91. The molecule has 1 amide bonds. The molecule has 2 aliphatic rings. The van der Waals surface area contributed by atoms with Gasteiger partial charge in [-0.3, -0.25) is 9.79 Å². The van der Waals surface area contributed by atoms with Crippen molar-refractivity contribution in [1.29, 1.82) is 0 Å². The van der Waals surface area contributed by atoms with Crippen LogP contribution in [0.4, 0.5) is 5.69 Å². The highest BCUT2D eigenvalue weighted by molar-refractivity contribution is 14.0. The standard InChI is InChI=1S/C20H30N4O3.HI/c1-21-20(23(2)12-13-26-14-16-8-9-16)22-10-5-11-24-17-6-3-4-7-18(17)27-15-19(24)25;/h3-4,6-7,16H,5,8-15H2,1-2H3,(H,21,22);1H. The van der Waals surface area contributed by atoms with Crippen LogP contribution in [0.2, 0.25) is 0 Å². The third kappa shape index (κ3) is 6.51. The van der Waals surface area contributed by atoms with Crippen molar-refractivity contribution in [2.24, 2.45) is 10.9 Å². The van der Waals surface area contributed by atoms with Gasteiger partial charge in [0.05, 0.1) is 12.3 Å². The van der Waals surface area contributed by atoms with Gasteiger partial charge in [0, 0.05) is 40.3 Å². The molecule has 1 saturated carbocycles. The smallest absolute Gasteiger partial charge is 0.265 e. The van der Waals surface area contributed by atoms with Crippen molar-refractivity contribution in [2.75, 3.05) is 58.5 Å². The molecule has 1 fully saturated rings. The van der Waals surface area contributed by atoms with Gasteiger partial charge in [0.2, 0.25) is 0 Å². The molecule has 1 aliphatic heterocycles. The molecule has 0 atom stereocenters. The Morgan fingerprint density at radius 1 is 1.39 bits per heavy atom. The number of fused-ring (bicyclic) bond motifs is 1. The number of amides is 1. The lowest BCUT2D eigenvalue weighted by molar-refractivity contribution is -0.121. The number of hydrogen-bond donors (Lipinski definition) is 1. The lowest BCUT2D eigenvalue weighted by Gasteiger charge is -2.29. The van der Waals surface area contributed by atoms with Crippen LogP contribution in [0.25, 0.3) is 0 Å². The highest BCUT2D eigenvalue weighted by atomic mass is 127. The molecule has 1 heterocycles. The Kier molecular flexibility index (Phi) is 9.30. The summed E-state index contributed by atoms with van der Waals surface area (Å²) >= 11 is 0. The summed E-state index contributed by atoms with van der Waals surface area (Å²) in [5.74, 6) is 2.41. The molecule has 1 aliphatic carbocycles. The zero-order valence-corrected chi connectivity index (χ0v) is 19.1. The monoisotopic (exact) mass is 502 g/mol. The quantitative estimate of drug-likeness (QED) is 0.243. The normalized spacial score (nSPS) is 16.1. The molecule has 3 rings (SSSR count). The minimum Gasteiger partial charge on any atom is -0.482 e. The van der Waals surface area contributed by atoms with Crippen LogP contribution in [-0.4, -0.2) is 70.3 Å². The predicted octanol–water partition coefficient (Wildman–Crippen LogP) is 2.35. The van der Waals surface area contributed by atoms with Gasteiger partial charge >= 0.3 is 0 Å². The lowest BCUT2D eigenvalue weighted by atomic mass is 10.2. The van der Waals surface area contributed by atoms with E-state index < -0.39 is 0 Å². The maximum Gasteiger partial charge on any atom is 0.265 e. The van der Waals surface area contributed by atoms with E-state index in [1.807, 2.05) is 31.3 Å². The first kappa shape index (κ1) is 22.7. The molecule has 0 spiro atoms. The Labute approximate surface area is 184 Å². The van der Waals surface area contributed by atoms with Crippen LogP contribution in [0.3, 0.4) is 0 Å². The fourth-order valence-corrected chi connectivity index (χ4v) is 3.06. The summed E-state index contributed by atoms with van der Waals surface area (Å²) in [6.07, 6.45) is 3.45.